The van der Waals surface area contributed by atoms with Gasteiger partial charge in [-0.25, -0.2) is 14.6 Å². The molecule has 2 aromatic heterocycles. The molecule has 0 saturated heterocycles. The number of rotatable bonds is 2. The number of hydrogen-bond acceptors (Lipinski definition) is 5. The molecule has 0 bridgehead atoms. The number of nitrogen functional groups attached to an aromatic ring is 1. The van der Waals surface area contributed by atoms with Crippen molar-refractivity contribution in [2.24, 2.45) is 5.73 Å². The van der Waals surface area contributed by atoms with Gasteiger partial charge in [0, 0.05) is 6.20 Å². The lowest BCUT2D eigenvalue weighted by Crippen LogP contribution is -2.13. The van der Waals surface area contributed by atoms with Crippen LogP contribution < -0.4 is 11.5 Å². The summed E-state index contributed by atoms with van der Waals surface area (Å²) < 4.78 is 1.38. The van der Waals surface area contributed by atoms with Crippen molar-refractivity contribution >= 4 is 22.8 Å². The van der Waals surface area contributed by atoms with E-state index < -0.39 is 5.91 Å². The van der Waals surface area contributed by atoms with E-state index in [-0.39, 0.29) is 11.5 Å². The zero-order chi connectivity index (χ0) is 13.4. The quantitative estimate of drug-likeness (QED) is 0.691. The van der Waals surface area contributed by atoms with E-state index in [1.54, 1.807) is 6.20 Å². The number of nitrogens with two attached hydrogens (primary N) is 2. The van der Waals surface area contributed by atoms with Crippen LogP contribution in [0.1, 0.15) is 10.5 Å². The first kappa shape index (κ1) is 11.1. The fraction of sp³-hybridized carbons (Fsp3) is 0. The molecule has 3 rings (SSSR count). The van der Waals surface area contributed by atoms with Gasteiger partial charge in [0.05, 0.1) is 11.0 Å². The third-order valence-corrected chi connectivity index (χ3v) is 2.64. The summed E-state index contributed by atoms with van der Waals surface area (Å²) in [6, 6.07) is 8.85. The molecule has 19 heavy (non-hydrogen) atoms. The van der Waals surface area contributed by atoms with Gasteiger partial charge >= 0.3 is 0 Å². The van der Waals surface area contributed by atoms with Crippen LogP contribution in [0.5, 0.6) is 0 Å². The number of primary amides is 1. The number of hydrogen-bond donors (Lipinski definition) is 2. The monoisotopic (exact) mass is 254 g/mol. The van der Waals surface area contributed by atoms with Crippen molar-refractivity contribution in [2.45, 2.75) is 0 Å². The third kappa shape index (κ3) is 1.86. The zero-order valence-electron chi connectivity index (χ0n) is 9.82. The first-order chi connectivity index (χ1) is 9.15. The van der Waals surface area contributed by atoms with Crippen molar-refractivity contribution in [3.8, 4) is 5.82 Å². The molecule has 0 spiro atoms. The predicted molar refractivity (Wildman–Crippen MR) is 69.6 cm³/mol. The van der Waals surface area contributed by atoms with Crippen LogP contribution in [0.3, 0.4) is 0 Å². The van der Waals surface area contributed by atoms with Gasteiger partial charge in [-0.05, 0) is 18.2 Å². The van der Waals surface area contributed by atoms with Crippen molar-refractivity contribution in [1.29, 1.82) is 0 Å². The summed E-state index contributed by atoms with van der Waals surface area (Å²) in [4.78, 5) is 19.6. The van der Waals surface area contributed by atoms with Crippen molar-refractivity contribution in [3.05, 3.63) is 42.2 Å². The van der Waals surface area contributed by atoms with Crippen LogP contribution in [-0.2, 0) is 0 Å². The van der Waals surface area contributed by atoms with E-state index in [4.69, 9.17) is 11.5 Å². The van der Waals surface area contributed by atoms with Gasteiger partial charge in [-0.2, -0.15) is 5.10 Å². The number of anilines is 1. The molecule has 3 aromatic rings. The Labute approximate surface area is 107 Å². The van der Waals surface area contributed by atoms with Gasteiger partial charge in [0.1, 0.15) is 5.69 Å². The lowest BCUT2D eigenvalue weighted by atomic mass is 10.3. The maximum absolute atomic E-state index is 11.0. The summed E-state index contributed by atoms with van der Waals surface area (Å²) in [6.45, 7) is 0. The molecular formula is C12H10N6O. The summed E-state index contributed by atoms with van der Waals surface area (Å²) in [6.07, 6.45) is 1.56. The first-order valence-corrected chi connectivity index (χ1v) is 5.53. The number of carbonyl (C=O) groups is 1. The maximum atomic E-state index is 11.0. The number of fused-ring (bicyclic) bond motifs is 1. The molecule has 94 valence electrons. The minimum atomic E-state index is -0.605. The normalized spacial score (nSPS) is 10.7. The molecule has 0 atom stereocenters. The molecule has 0 aliphatic heterocycles. The van der Waals surface area contributed by atoms with Gasteiger partial charge < -0.3 is 11.5 Å². The molecule has 4 N–H and O–H groups in total. The fourth-order valence-electron chi connectivity index (χ4n) is 1.75. The molecule has 0 fully saturated rings. The third-order valence-electron chi connectivity index (χ3n) is 2.64. The number of amides is 1. The summed E-state index contributed by atoms with van der Waals surface area (Å²) in [5.41, 5.74) is 12.5. The van der Waals surface area contributed by atoms with Gasteiger partial charge in [-0.1, -0.05) is 12.1 Å². The van der Waals surface area contributed by atoms with E-state index in [2.05, 4.69) is 15.1 Å². The van der Waals surface area contributed by atoms with Crippen molar-refractivity contribution in [1.82, 2.24) is 19.7 Å². The van der Waals surface area contributed by atoms with Gasteiger partial charge in [0.15, 0.2) is 11.6 Å². The molecule has 7 heteroatoms. The second kappa shape index (κ2) is 4.05. The standard InChI is InChI=1S/C12H10N6O/c13-10-12(18-6-5-9(17-18)11(14)19)16-8-4-2-1-3-7(8)15-10/h1-6H,(H2,13,15)(H2,14,19). The Morgan fingerprint density at radius 2 is 1.79 bits per heavy atom. The van der Waals surface area contributed by atoms with E-state index in [0.717, 1.165) is 0 Å². The van der Waals surface area contributed by atoms with Crippen LogP contribution in [0.25, 0.3) is 16.9 Å². The predicted octanol–water partition coefficient (Wildman–Crippen LogP) is 0.497. The number of para-hydroxylation sites is 2. The van der Waals surface area contributed by atoms with Crippen LogP contribution >= 0.6 is 0 Å². The minimum absolute atomic E-state index is 0.148. The maximum Gasteiger partial charge on any atom is 0.269 e. The summed E-state index contributed by atoms with van der Waals surface area (Å²) in [5.74, 6) is -0.00455. The van der Waals surface area contributed by atoms with Crippen molar-refractivity contribution in [2.75, 3.05) is 5.73 Å². The summed E-state index contributed by atoms with van der Waals surface area (Å²) >= 11 is 0. The number of aromatic nitrogens is 4. The van der Waals surface area contributed by atoms with E-state index in [0.29, 0.717) is 16.9 Å². The average Bonchev–Trinajstić information content (AvgIpc) is 2.87. The molecule has 1 amide bonds. The van der Waals surface area contributed by atoms with E-state index in [9.17, 15) is 4.79 Å². The topological polar surface area (TPSA) is 113 Å². The Bertz CT molecular complexity index is 779. The highest BCUT2D eigenvalue weighted by molar-refractivity contribution is 5.90. The molecule has 0 saturated carbocycles. The lowest BCUT2D eigenvalue weighted by Gasteiger charge is -2.05. The molecule has 1 aromatic carbocycles. The van der Waals surface area contributed by atoms with Gasteiger partial charge in [-0.3, -0.25) is 4.79 Å². The number of nitrogens with zero attached hydrogens (tertiary/aromatic N) is 4. The van der Waals surface area contributed by atoms with Gasteiger partial charge in [0.2, 0.25) is 0 Å². The van der Waals surface area contributed by atoms with E-state index >= 15 is 0 Å². The highest BCUT2D eigenvalue weighted by Crippen LogP contribution is 2.17. The van der Waals surface area contributed by atoms with Crippen LogP contribution in [0.15, 0.2) is 36.5 Å². The number of carbonyl (C=O) groups excluding carboxylic acids is 1. The van der Waals surface area contributed by atoms with Crippen LogP contribution in [0, 0.1) is 0 Å². The molecule has 0 aliphatic carbocycles. The minimum Gasteiger partial charge on any atom is -0.381 e. The average molecular weight is 254 g/mol. The molecule has 2 heterocycles. The molecule has 0 unspecified atom stereocenters. The molecule has 0 aliphatic rings. The lowest BCUT2D eigenvalue weighted by molar-refractivity contribution is 0.0995. The van der Waals surface area contributed by atoms with Crippen molar-refractivity contribution in [3.63, 3.8) is 0 Å². The second-order valence-electron chi connectivity index (χ2n) is 3.93. The fourth-order valence-corrected chi connectivity index (χ4v) is 1.75. The van der Waals surface area contributed by atoms with Crippen LogP contribution in [0.4, 0.5) is 5.82 Å². The van der Waals surface area contributed by atoms with Crippen LogP contribution in [-0.4, -0.2) is 25.7 Å². The highest BCUT2D eigenvalue weighted by atomic mass is 16.1. The second-order valence-corrected chi connectivity index (χ2v) is 3.93. The van der Waals surface area contributed by atoms with E-state index in [1.165, 1.54) is 10.7 Å². The molecule has 7 nitrogen and oxygen atoms in total. The summed E-state index contributed by atoms with van der Waals surface area (Å²) in [5, 5.41) is 4.01. The van der Waals surface area contributed by atoms with Crippen molar-refractivity contribution < 1.29 is 4.79 Å². The van der Waals surface area contributed by atoms with Gasteiger partial charge in [-0.15, -0.1) is 0 Å². The highest BCUT2D eigenvalue weighted by Gasteiger charge is 2.11. The largest absolute Gasteiger partial charge is 0.381 e. The zero-order valence-corrected chi connectivity index (χ0v) is 9.82. The Morgan fingerprint density at radius 1 is 1.11 bits per heavy atom. The SMILES string of the molecule is NC(=O)c1ccn(-c2nc3ccccc3nc2N)n1. The van der Waals surface area contributed by atoms with E-state index in [1.807, 2.05) is 24.3 Å². The molecule has 0 radical (unpaired) electrons. The summed E-state index contributed by atoms with van der Waals surface area (Å²) in [7, 11) is 0. The smallest absolute Gasteiger partial charge is 0.269 e. The van der Waals surface area contributed by atoms with Gasteiger partial charge in [0.25, 0.3) is 5.91 Å². The molecular weight excluding hydrogens is 244 g/mol. The first-order valence-electron chi connectivity index (χ1n) is 5.53. The Morgan fingerprint density at radius 3 is 2.42 bits per heavy atom. The van der Waals surface area contributed by atoms with Crippen LogP contribution in [0.2, 0.25) is 0 Å². The Balaban J connectivity index is 2.18. The Kier molecular flexibility index (Phi) is 2.38. The number of benzene rings is 1. The Hall–Kier alpha value is -2.96.